The van der Waals surface area contributed by atoms with E-state index in [2.05, 4.69) is 10.2 Å². The standard InChI is InChI=1S/C22H19F3N2O2/c1-14-19-13-28-10-9-17(19)21(27-26-14)18-8-7-16(22(23,24)25)11-20(18)29-12-15-5-3-2-4-6-15/h2-8,11H,9-10,12-13H2,1H3. The Labute approximate surface area is 166 Å². The summed E-state index contributed by atoms with van der Waals surface area (Å²) in [5.41, 5.74) is 3.80. The summed E-state index contributed by atoms with van der Waals surface area (Å²) in [5, 5.41) is 8.49. The molecule has 1 aromatic heterocycles. The molecular formula is C22H19F3N2O2. The number of fused-ring (bicyclic) bond motifs is 1. The van der Waals surface area contributed by atoms with Gasteiger partial charge in [-0.3, -0.25) is 0 Å². The van der Waals surface area contributed by atoms with Gasteiger partial charge in [-0.25, -0.2) is 0 Å². The second-order valence-corrected chi connectivity index (χ2v) is 6.88. The first kappa shape index (κ1) is 19.4. The summed E-state index contributed by atoms with van der Waals surface area (Å²) >= 11 is 0. The maximum Gasteiger partial charge on any atom is 0.416 e. The summed E-state index contributed by atoms with van der Waals surface area (Å²) in [6, 6.07) is 12.8. The first-order valence-electron chi connectivity index (χ1n) is 9.24. The van der Waals surface area contributed by atoms with E-state index in [4.69, 9.17) is 9.47 Å². The van der Waals surface area contributed by atoms with Crippen molar-refractivity contribution in [2.24, 2.45) is 0 Å². The number of aryl methyl sites for hydroxylation is 1. The molecule has 0 amide bonds. The highest BCUT2D eigenvalue weighted by Crippen LogP contribution is 2.39. The Morgan fingerprint density at radius 3 is 2.59 bits per heavy atom. The molecule has 0 aliphatic carbocycles. The highest BCUT2D eigenvalue weighted by atomic mass is 19.4. The molecule has 2 heterocycles. The lowest BCUT2D eigenvalue weighted by Gasteiger charge is -2.22. The lowest BCUT2D eigenvalue weighted by molar-refractivity contribution is -0.137. The van der Waals surface area contributed by atoms with E-state index in [0.29, 0.717) is 30.9 Å². The van der Waals surface area contributed by atoms with E-state index in [1.54, 1.807) is 0 Å². The van der Waals surface area contributed by atoms with Crippen molar-refractivity contribution in [1.82, 2.24) is 10.2 Å². The molecule has 0 bridgehead atoms. The van der Waals surface area contributed by atoms with Crippen LogP contribution in [0.1, 0.15) is 27.9 Å². The molecular weight excluding hydrogens is 381 g/mol. The highest BCUT2D eigenvalue weighted by molar-refractivity contribution is 5.72. The van der Waals surface area contributed by atoms with Gasteiger partial charge in [-0.1, -0.05) is 30.3 Å². The van der Waals surface area contributed by atoms with Gasteiger partial charge in [0.25, 0.3) is 0 Å². The number of halogens is 3. The number of ether oxygens (including phenoxy) is 2. The zero-order valence-corrected chi connectivity index (χ0v) is 15.8. The van der Waals surface area contributed by atoms with Crippen LogP contribution in [0.3, 0.4) is 0 Å². The van der Waals surface area contributed by atoms with E-state index in [1.165, 1.54) is 6.07 Å². The van der Waals surface area contributed by atoms with Crippen LogP contribution in [-0.2, 0) is 30.5 Å². The van der Waals surface area contributed by atoms with E-state index in [1.807, 2.05) is 37.3 Å². The van der Waals surface area contributed by atoms with E-state index in [-0.39, 0.29) is 12.4 Å². The molecule has 1 aliphatic heterocycles. The molecule has 4 rings (SSSR count). The van der Waals surface area contributed by atoms with Crippen molar-refractivity contribution in [3.63, 3.8) is 0 Å². The molecule has 1 aliphatic rings. The van der Waals surface area contributed by atoms with Gasteiger partial charge in [-0.05, 0) is 42.7 Å². The number of hydrogen-bond donors (Lipinski definition) is 0. The van der Waals surface area contributed by atoms with E-state index < -0.39 is 11.7 Å². The minimum absolute atomic E-state index is 0.135. The lowest BCUT2D eigenvalue weighted by atomic mass is 9.95. The van der Waals surface area contributed by atoms with Gasteiger partial charge >= 0.3 is 6.18 Å². The number of benzene rings is 2. The van der Waals surface area contributed by atoms with Crippen LogP contribution in [0, 0.1) is 6.92 Å². The number of nitrogens with zero attached hydrogens (tertiary/aromatic N) is 2. The minimum Gasteiger partial charge on any atom is -0.488 e. The summed E-state index contributed by atoms with van der Waals surface area (Å²) in [6.45, 7) is 2.96. The maximum absolute atomic E-state index is 13.3. The van der Waals surface area contributed by atoms with Crippen LogP contribution in [0.5, 0.6) is 5.75 Å². The SMILES string of the molecule is Cc1nnc(-c2ccc(C(F)(F)F)cc2OCc2ccccc2)c2c1COCC2. The second-order valence-electron chi connectivity index (χ2n) is 6.88. The summed E-state index contributed by atoms with van der Waals surface area (Å²) < 4.78 is 51.2. The third kappa shape index (κ3) is 4.10. The molecule has 0 spiro atoms. The lowest BCUT2D eigenvalue weighted by Crippen LogP contribution is -2.15. The summed E-state index contributed by atoms with van der Waals surface area (Å²) in [5.74, 6) is 0.135. The van der Waals surface area contributed by atoms with Crippen molar-refractivity contribution in [2.75, 3.05) is 6.61 Å². The van der Waals surface area contributed by atoms with Gasteiger partial charge in [0, 0.05) is 11.1 Å². The van der Waals surface area contributed by atoms with Gasteiger partial charge < -0.3 is 9.47 Å². The molecule has 0 radical (unpaired) electrons. The molecule has 0 unspecified atom stereocenters. The molecule has 0 saturated heterocycles. The fraction of sp³-hybridized carbons (Fsp3) is 0.273. The summed E-state index contributed by atoms with van der Waals surface area (Å²) in [6.07, 6.45) is -3.84. The Morgan fingerprint density at radius 1 is 1.03 bits per heavy atom. The van der Waals surface area contributed by atoms with E-state index >= 15 is 0 Å². The first-order valence-corrected chi connectivity index (χ1v) is 9.24. The van der Waals surface area contributed by atoms with Crippen LogP contribution in [0.4, 0.5) is 13.2 Å². The largest absolute Gasteiger partial charge is 0.488 e. The van der Waals surface area contributed by atoms with Crippen LogP contribution in [0.25, 0.3) is 11.3 Å². The van der Waals surface area contributed by atoms with Gasteiger partial charge in [0.1, 0.15) is 18.1 Å². The van der Waals surface area contributed by atoms with E-state index in [9.17, 15) is 13.2 Å². The number of hydrogen-bond acceptors (Lipinski definition) is 4. The highest BCUT2D eigenvalue weighted by Gasteiger charge is 2.32. The Bertz CT molecular complexity index is 1020. The Kier molecular flexibility index (Phi) is 5.24. The fourth-order valence-electron chi connectivity index (χ4n) is 3.38. The van der Waals surface area contributed by atoms with Crippen LogP contribution in [-0.4, -0.2) is 16.8 Å². The second kappa shape index (κ2) is 7.83. The van der Waals surface area contributed by atoms with Crippen LogP contribution in [0.15, 0.2) is 48.5 Å². The van der Waals surface area contributed by atoms with Gasteiger partial charge in [0.05, 0.1) is 24.5 Å². The molecule has 29 heavy (non-hydrogen) atoms. The molecule has 0 fully saturated rings. The molecule has 0 atom stereocenters. The minimum atomic E-state index is -4.46. The Balaban J connectivity index is 1.79. The number of aromatic nitrogens is 2. The predicted molar refractivity (Wildman–Crippen MR) is 101 cm³/mol. The van der Waals surface area contributed by atoms with Crippen molar-refractivity contribution in [1.29, 1.82) is 0 Å². The Morgan fingerprint density at radius 2 is 1.83 bits per heavy atom. The summed E-state index contributed by atoms with van der Waals surface area (Å²) in [7, 11) is 0. The zero-order chi connectivity index (χ0) is 20.4. The smallest absolute Gasteiger partial charge is 0.416 e. The number of alkyl halides is 3. The van der Waals surface area contributed by atoms with E-state index in [0.717, 1.165) is 34.5 Å². The Hall–Kier alpha value is -2.93. The molecule has 2 aromatic carbocycles. The zero-order valence-electron chi connectivity index (χ0n) is 15.8. The normalized spacial score (nSPS) is 13.8. The summed E-state index contributed by atoms with van der Waals surface area (Å²) in [4.78, 5) is 0. The molecule has 4 nitrogen and oxygen atoms in total. The van der Waals surface area contributed by atoms with Gasteiger partial charge in [-0.15, -0.1) is 5.10 Å². The van der Waals surface area contributed by atoms with Gasteiger partial charge in [-0.2, -0.15) is 18.3 Å². The van der Waals surface area contributed by atoms with Gasteiger partial charge in [0.2, 0.25) is 0 Å². The van der Waals surface area contributed by atoms with Crippen LogP contribution < -0.4 is 4.74 Å². The molecule has 7 heteroatoms. The van der Waals surface area contributed by atoms with Crippen molar-refractivity contribution in [3.8, 4) is 17.0 Å². The average Bonchev–Trinajstić information content (AvgIpc) is 2.73. The van der Waals surface area contributed by atoms with Crippen LogP contribution in [0.2, 0.25) is 0 Å². The molecule has 0 saturated carbocycles. The first-order chi connectivity index (χ1) is 13.9. The number of rotatable bonds is 4. The monoisotopic (exact) mass is 400 g/mol. The average molecular weight is 400 g/mol. The van der Waals surface area contributed by atoms with Gasteiger partial charge in [0.15, 0.2) is 0 Å². The molecule has 3 aromatic rings. The predicted octanol–water partition coefficient (Wildman–Crippen LogP) is 5.12. The fourth-order valence-corrected chi connectivity index (χ4v) is 3.38. The maximum atomic E-state index is 13.3. The molecule has 150 valence electrons. The topological polar surface area (TPSA) is 44.2 Å². The van der Waals surface area contributed by atoms with Crippen molar-refractivity contribution < 1.29 is 22.6 Å². The van der Waals surface area contributed by atoms with Crippen molar-refractivity contribution >= 4 is 0 Å². The van der Waals surface area contributed by atoms with Crippen molar-refractivity contribution in [3.05, 3.63) is 76.5 Å². The third-order valence-corrected chi connectivity index (χ3v) is 4.93. The van der Waals surface area contributed by atoms with Crippen molar-refractivity contribution in [2.45, 2.75) is 32.7 Å². The quantitative estimate of drug-likeness (QED) is 0.610. The third-order valence-electron chi connectivity index (χ3n) is 4.93. The van der Waals surface area contributed by atoms with Crippen LogP contribution >= 0.6 is 0 Å². The molecule has 0 N–H and O–H groups in total.